The molecule has 3 nitrogen and oxygen atoms in total. The van der Waals surface area contributed by atoms with Gasteiger partial charge in [0, 0.05) is 5.56 Å². The predicted molar refractivity (Wildman–Crippen MR) is 78.0 cm³/mol. The lowest BCUT2D eigenvalue weighted by Crippen LogP contribution is -2.16. The van der Waals surface area contributed by atoms with Crippen LogP contribution in [0, 0.1) is 0 Å². The second-order valence-electron chi connectivity index (χ2n) is 4.37. The van der Waals surface area contributed by atoms with E-state index in [9.17, 15) is 13.2 Å². The van der Waals surface area contributed by atoms with Crippen molar-refractivity contribution in [1.29, 1.82) is 0 Å². The number of rotatable bonds is 1. The first kappa shape index (κ1) is 16.2. The molecule has 0 saturated heterocycles. The van der Waals surface area contributed by atoms with Crippen LogP contribution in [0.15, 0.2) is 42.5 Å². The van der Waals surface area contributed by atoms with Gasteiger partial charge < -0.3 is 15.2 Å². The number of hydrogen-bond donors (Lipinski definition) is 1. The van der Waals surface area contributed by atoms with E-state index in [0.29, 0.717) is 30.3 Å². The zero-order chi connectivity index (χ0) is 16.2. The summed E-state index contributed by atoms with van der Waals surface area (Å²) in [6.45, 7) is 0.732. The Kier molecular flexibility index (Phi) is 4.92. The van der Waals surface area contributed by atoms with Crippen molar-refractivity contribution in [1.82, 2.24) is 0 Å². The summed E-state index contributed by atoms with van der Waals surface area (Å²) in [6.07, 6.45) is -4.41. The number of hydrogen-bond acceptors (Lipinski definition) is 3. The first-order chi connectivity index (χ1) is 10.6. The molecule has 2 N–H and O–H groups in total. The van der Waals surface area contributed by atoms with Crippen LogP contribution in [0.2, 0.25) is 0 Å². The molecule has 3 rings (SSSR count). The van der Waals surface area contributed by atoms with Gasteiger partial charge in [-0.05, 0) is 24.7 Å². The number of fused-ring (bicyclic) bond motifs is 1. The molecule has 1 aliphatic rings. The molecule has 0 saturated carbocycles. The maximum atomic E-state index is 13.1. The molecule has 0 aliphatic carbocycles. The van der Waals surface area contributed by atoms with Crippen LogP contribution in [-0.4, -0.2) is 20.3 Å². The Bertz CT molecular complexity index is 642. The second-order valence-corrected chi connectivity index (χ2v) is 4.37. The fourth-order valence-corrected chi connectivity index (χ4v) is 2.25. The van der Waals surface area contributed by atoms with E-state index in [1.807, 2.05) is 0 Å². The number of ether oxygens (including phenoxy) is 2. The fraction of sp³-hybridized carbons (Fsp3) is 0.250. The van der Waals surface area contributed by atoms with E-state index in [-0.39, 0.29) is 5.56 Å². The second kappa shape index (κ2) is 6.70. The molecule has 6 heteroatoms. The van der Waals surface area contributed by atoms with Crippen LogP contribution in [0.1, 0.15) is 5.56 Å². The molecule has 2 aromatic carbocycles. The number of benzene rings is 2. The number of nitrogens with two attached hydrogens (primary N) is 1. The van der Waals surface area contributed by atoms with Crippen molar-refractivity contribution in [3.05, 3.63) is 48.0 Å². The smallest absolute Gasteiger partial charge is 0.417 e. The van der Waals surface area contributed by atoms with Crippen LogP contribution < -0.4 is 15.2 Å². The van der Waals surface area contributed by atoms with Crippen molar-refractivity contribution in [3.63, 3.8) is 0 Å². The molecule has 22 heavy (non-hydrogen) atoms. The van der Waals surface area contributed by atoms with Gasteiger partial charge in [0.25, 0.3) is 0 Å². The molecule has 1 heterocycles. The Balaban J connectivity index is 0.000000847. The van der Waals surface area contributed by atoms with Crippen LogP contribution in [-0.2, 0) is 6.18 Å². The third-order valence-corrected chi connectivity index (χ3v) is 3.09. The van der Waals surface area contributed by atoms with Gasteiger partial charge in [-0.3, -0.25) is 0 Å². The van der Waals surface area contributed by atoms with E-state index >= 15 is 0 Å². The lowest BCUT2D eigenvalue weighted by atomic mass is 9.98. The SMILES string of the molecule is CN.FC(F)(F)c1ccccc1-c1cccc2c1OCCO2. The Labute approximate surface area is 126 Å². The molecular formula is C16H16F3NO2. The lowest BCUT2D eigenvalue weighted by molar-refractivity contribution is -0.137. The van der Waals surface area contributed by atoms with Gasteiger partial charge in [-0.25, -0.2) is 0 Å². The topological polar surface area (TPSA) is 44.5 Å². The third-order valence-electron chi connectivity index (χ3n) is 3.09. The van der Waals surface area contributed by atoms with E-state index in [4.69, 9.17) is 9.47 Å². The summed E-state index contributed by atoms with van der Waals surface area (Å²) < 4.78 is 50.2. The quantitative estimate of drug-likeness (QED) is 0.873. The Morgan fingerprint density at radius 1 is 0.864 bits per heavy atom. The van der Waals surface area contributed by atoms with Gasteiger partial charge in [0.2, 0.25) is 0 Å². The first-order valence-electron chi connectivity index (χ1n) is 6.70. The normalized spacial score (nSPS) is 13.1. The Morgan fingerprint density at radius 3 is 2.23 bits per heavy atom. The van der Waals surface area contributed by atoms with Crippen LogP contribution in [0.4, 0.5) is 13.2 Å². The van der Waals surface area contributed by atoms with Crippen molar-refractivity contribution in [2.45, 2.75) is 6.18 Å². The summed E-state index contributed by atoms with van der Waals surface area (Å²) in [7, 11) is 1.50. The van der Waals surface area contributed by atoms with Crippen LogP contribution >= 0.6 is 0 Å². The highest BCUT2D eigenvalue weighted by molar-refractivity contribution is 5.76. The summed E-state index contributed by atoms with van der Waals surface area (Å²) in [5.74, 6) is 0.848. The van der Waals surface area contributed by atoms with Gasteiger partial charge in [0.1, 0.15) is 13.2 Å². The first-order valence-corrected chi connectivity index (χ1v) is 6.70. The van der Waals surface area contributed by atoms with Gasteiger partial charge in [-0.15, -0.1) is 0 Å². The maximum Gasteiger partial charge on any atom is 0.417 e. The average Bonchev–Trinajstić information content (AvgIpc) is 2.55. The monoisotopic (exact) mass is 311 g/mol. The average molecular weight is 311 g/mol. The maximum absolute atomic E-state index is 13.1. The minimum atomic E-state index is -4.41. The third kappa shape index (κ3) is 3.17. The van der Waals surface area contributed by atoms with Gasteiger partial charge in [-0.2, -0.15) is 13.2 Å². The molecule has 0 fully saturated rings. The zero-order valence-corrected chi connectivity index (χ0v) is 12.0. The molecule has 0 atom stereocenters. The largest absolute Gasteiger partial charge is 0.486 e. The summed E-state index contributed by atoms with van der Waals surface area (Å²) in [5.41, 5.74) is 4.32. The van der Waals surface area contributed by atoms with E-state index < -0.39 is 11.7 Å². The van der Waals surface area contributed by atoms with Crippen LogP contribution in [0.25, 0.3) is 11.1 Å². The van der Waals surface area contributed by atoms with E-state index in [1.165, 1.54) is 19.2 Å². The molecule has 0 unspecified atom stereocenters. The van der Waals surface area contributed by atoms with Gasteiger partial charge in [-0.1, -0.05) is 30.3 Å². The predicted octanol–water partition coefficient (Wildman–Crippen LogP) is 3.72. The summed E-state index contributed by atoms with van der Waals surface area (Å²) in [6, 6.07) is 10.4. The lowest BCUT2D eigenvalue weighted by Gasteiger charge is -2.22. The molecular weight excluding hydrogens is 295 g/mol. The minimum Gasteiger partial charge on any atom is -0.486 e. The van der Waals surface area contributed by atoms with Crippen molar-refractivity contribution < 1.29 is 22.6 Å². The highest BCUT2D eigenvalue weighted by Crippen LogP contribution is 2.44. The van der Waals surface area contributed by atoms with Gasteiger partial charge in [0.15, 0.2) is 11.5 Å². The van der Waals surface area contributed by atoms with Gasteiger partial charge in [0.05, 0.1) is 5.56 Å². The summed E-state index contributed by atoms with van der Waals surface area (Å²) >= 11 is 0. The molecule has 0 spiro atoms. The molecule has 118 valence electrons. The van der Waals surface area contributed by atoms with Gasteiger partial charge >= 0.3 is 6.18 Å². The summed E-state index contributed by atoms with van der Waals surface area (Å²) in [4.78, 5) is 0. The summed E-state index contributed by atoms with van der Waals surface area (Å²) in [5, 5.41) is 0. The number of para-hydroxylation sites is 1. The van der Waals surface area contributed by atoms with Crippen molar-refractivity contribution in [2.24, 2.45) is 5.73 Å². The Hall–Kier alpha value is -2.21. The molecule has 1 aliphatic heterocycles. The molecule has 0 bridgehead atoms. The van der Waals surface area contributed by atoms with E-state index in [1.54, 1.807) is 24.3 Å². The zero-order valence-electron chi connectivity index (χ0n) is 12.0. The minimum absolute atomic E-state index is 0.0994. The van der Waals surface area contributed by atoms with E-state index in [2.05, 4.69) is 5.73 Å². The molecule has 2 aromatic rings. The molecule has 0 amide bonds. The molecule has 0 aromatic heterocycles. The van der Waals surface area contributed by atoms with Crippen molar-refractivity contribution in [3.8, 4) is 22.6 Å². The number of halogens is 3. The van der Waals surface area contributed by atoms with Crippen LogP contribution in [0.3, 0.4) is 0 Å². The van der Waals surface area contributed by atoms with E-state index in [0.717, 1.165) is 6.07 Å². The van der Waals surface area contributed by atoms with Crippen LogP contribution in [0.5, 0.6) is 11.5 Å². The highest BCUT2D eigenvalue weighted by atomic mass is 19.4. The Morgan fingerprint density at radius 2 is 1.50 bits per heavy atom. The fourth-order valence-electron chi connectivity index (χ4n) is 2.25. The number of alkyl halides is 3. The molecule has 0 radical (unpaired) electrons. The van der Waals surface area contributed by atoms with Crippen molar-refractivity contribution >= 4 is 0 Å². The highest BCUT2D eigenvalue weighted by Gasteiger charge is 2.34. The van der Waals surface area contributed by atoms with Crippen molar-refractivity contribution in [2.75, 3.05) is 20.3 Å². The standard InChI is InChI=1S/C15H11F3O2.CH5N/c16-15(17,18)12-6-2-1-4-10(12)11-5-3-7-13-14(11)20-9-8-19-13;1-2/h1-7H,8-9H2;2H2,1H3.